The second-order valence-electron chi connectivity index (χ2n) is 8.23. The first-order valence-electron chi connectivity index (χ1n) is 10.5. The maximum absolute atomic E-state index is 9.83. The van der Waals surface area contributed by atoms with E-state index in [1.54, 1.807) is 24.4 Å². The van der Waals surface area contributed by atoms with Crippen LogP contribution in [0.3, 0.4) is 0 Å². The first-order valence-corrected chi connectivity index (χ1v) is 11.3. The highest BCUT2D eigenvalue weighted by molar-refractivity contribution is 6.43. The van der Waals surface area contributed by atoms with Crippen LogP contribution >= 0.6 is 23.2 Å². The number of aromatic nitrogens is 5. The van der Waals surface area contributed by atoms with Crippen molar-refractivity contribution in [3.05, 3.63) is 64.0 Å². The molecule has 1 fully saturated rings. The van der Waals surface area contributed by atoms with Crippen LogP contribution in [-0.2, 0) is 6.42 Å². The molecule has 3 N–H and O–H groups in total. The minimum absolute atomic E-state index is 0.230. The lowest BCUT2D eigenvalue weighted by Gasteiger charge is -2.39. The van der Waals surface area contributed by atoms with Gasteiger partial charge in [-0.1, -0.05) is 41.4 Å². The number of nitrogens with one attached hydrogen (secondary N) is 1. The van der Waals surface area contributed by atoms with Crippen LogP contribution in [0.15, 0.2) is 42.6 Å². The van der Waals surface area contributed by atoms with Crippen molar-refractivity contribution >= 4 is 40.2 Å². The summed E-state index contributed by atoms with van der Waals surface area (Å²) in [7, 11) is 0. The first kappa shape index (κ1) is 21.6. The molecule has 10 heteroatoms. The van der Waals surface area contributed by atoms with Gasteiger partial charge in [0.25, 0.3) is 0 Å². The summed E-state index contributed by atoms with van der Waals surface area (Å²) in [5.41, 5.74) is 9.14. The molecule has 33 heavy (non-hydrogen) atoms. The maximum atomic E-state index is 9.83. The number of halogens is 2. The Kier molecular flexibility index (Phi) is 5.62. The number of fused-ring (bicyclic) bond motifs is 1. The van der Waals surface area contributed by atoms with Crippen molar-refractivity contribution in [2.24, 2.45) is 5.73 Å². The van der Waals surface area contributed by atoms with Crippen LogP contribution in [0.25, 0.3) is 22.3 Å². The van der Waals surface area contributed by atoms with Crippen LogP contribution in [0.1, 0.15) is 24.2 Å². The van der Waals surface area contributed by atoms with Gasteiger partial charge in [-0.3, -0.25) is 10.1 Å². The Morgan fingerprint density at radius 1 is 1.12 bits per heavy atom. The summed E-state index contributed by atoms with van der Waals surface area (Å²) in [6.45, 7) is 1.36. The van der Waals surface area contributed by atoms with Crippen LogP contribution in [0.4, 0.5) is 5.95 Å². The number of hydrogen-bond acceptors (Lipinski definition) is 7. The molecule has 1 aliphatic rings. The average molecular weight is 479 g/mol. The third-order valence-corrected chi connectivity index (χ3v) is 6.84. The fraction of sp³-hybridized carbons (Fsp3) is 0.261. The molecule has 1 saturated heterocycles. The first-order chi connectivity index (χ1) is 16.0. The maximum Gasteiger partial charge on any atom is 0.228 e. The van der Waals surface area contributed by atoms with E-state index in [1.165, 1.54) is 0 Å². The molecule has 166 valence electrons. The third kappa shape index (κ3) is 4.11. The predicted octanol–water partition coefficient (Wildman–Crippen LogP) is 4.13. The topological polar surface area (TPSA) is 120 Å². The highest BCUT2D eigenvalue weighted by Gasteiger charge is 2.32. The van der Waals surface area contributed by atoms with Crippen LogP contribution in [-0.4, -0.2) is 43.8 Å². The van der Waals surface area contributed by atoms with Crippen LogP contribution in [0.2, 0.25) is 10.0 Å². The number of nitrogens with two attached hydrogens (primary N) is 1. The monoisotopic (exact) mass is 478 g/mol. The number of piperidine rings is 1. The molecule has 1 aromatic carbocycles. The molecular weight excluding hydrogens is 459 g/mol. The Hall–Kier alpha value is -3.25. The molecule has 0 bridgehead atoms. The zero-order valence-corrected chi connectivity index (χ0v) is 19.1. The van der Waals surface area contributed by atoms with Crippen LogP contribution in [0.5, 0.6) is 0 Å². The zero-order valence-electron chi connectivity index (χ0n) is 17.6. The van der Waals surface area contributed by atoms with Crippen molar-refractivity contribution in [2.75, 3.05) is 18.0 Å². The van der Waals surface area contributed by atoms with Gasteiger partial charge in [0.15, 0.2) is 11.3 Å². The quantitative estimate of drug-likeness (QED) is 0.452. The van der Waals surface area contributed by atoms with E-state index in [0.29, 0.717) is 51.4 Å². The van der Waals surface area contributed by atoms with Gasteiger partial charge in [-0.25, -0.2) is 4.98 Å². The van der Waals surface area contributed by atoms with E-state index in [2.05, 4.69) is 36.1 Å². The van der Waals surface area contributed by atoms with E-state index < -0.39 is 0 Å². The Morgan fingerprint density at radius 3 is 2.67 bits per heavy atom. The van der Waals surface area contributed by atoms with E-state index in [-0.39, 0.29) is 11.2 Å². The average Bonchev–Trinajstić information content (AvgIpc) is 3.25. The Bertz CT molecular complexity index is 1350. The number of H-pyrrole nitrogens is 1. The number of anilines is 1. The third-order valence-electron chi connectivity index (χ3n) is 6.02. The molecule has 1 aliphatic heterocycles. The van der Waals surface area contributed by atoms with E-state index in [4.69, 9.17) is 28.9 Å². The molecule has 3 aromatic heterocycles. The smallest absolute Gasteiger partial charge is 0.228 e. The van der Waals surface area contributed by atoms with Gasteiger partial charge in [-0.15, -0.1) is 0 Å². The molecule has 0 atom stereocenters. The zero-order chi connectivity index (χ0) is 23.0. The van der Waals surface area contributed by atoms with E-state index >= 15 is 0 Å². The second-order valence-corrected chi connectivity index (χ2v) is 9.01. The highest BCUT2D eigenvalue weighted by atomic mass is 35.5. The fourth-order valence-corrected chi connectivity index (χ4v) is 4.61. The Balaban J connectivity index is 1.43. The summed E-state index contributed by atoms with van der Waals surface area (Å²) in [5, 5.41) is 18.4. The standard InChI is InChI=1S/C23H20Cl2N8/c24-16-6-3-5-15(19(16)25)20-18-17(13-26)29-22(30-21(18)32-31-20)33-10-7-23(27,8-11-33)12-14-4-1-2-9-28-14/h1-6,9H,7-8,10-12,27H2,(H,29,30,31,32). The number of benzene rings is 1. The van der Waals surface area contributed by atoms with Crippen molar-refractivity contribution in [1.82, 2.24) is 25.1 Å². The molecule has 8 nitrogen and oxygen atoms in total. The Morgan fingerprint density at radius 2 is 1.94 bits per heavy atom. The van der Waals surface area contributed by atoms with Gasteiger partial charge in [-0.2, -0.15) is 15.3 Å². The van der Waals surface area contributed by atoms with Crippen molar-refractivity contribution in [3.63, 3.8) is 0 Å². The summed E-state index contributed by atoms with van der Waals surface area (Å²) >= 11 is 12.6. The molecule has 0 radical (unpaired) electrons. The van der Waals surface area contributed by atoms with Gasteiger partial charge in [0.1, 0.15) is 11.8 Å². The lowest BCUT2D eigenvalue weighted by atomic mass is 9.84. The van der Waals surface area contributed by atoms with Crippen molar-refractivity contribution < 1.29 is 0 Å². The molecule has 0 amide bonds. The van der Waals surface area contributed by atoms with E-state index in [9.17, 15) is 5.26 Å². The highest BCUT2D eigenvalue weighted by Crippen LogP contribution is 2.37. The molecule has 4 heterocycles. The fourth-order valence-electron chi connectivity index (χ4n) is 4.22. The number of rotatable bonds is 4. The minimum atomic E-state index is -0.336. The summed E-state index contributed by atoms with van der Waals surface area (Å²) < 4.78 is 0. The van der Waals surface area contributed by atoms with Gasteiger partial charge in [0.05, 0.1) is 15.4 Å². The number of hydrogen-bond donors (Lipinski definition) is 2. The lowest BCUT2D eigenvalue weighted by molar-refractivity contribution is 0.327. The molecular formula is C23H20Cl2N8. The van der Waals surface area contributed by atoms with E-state index in [0.717, 1.165) is 25.0 Å². The van der Waals surface area contributed by atoms with Crippen LogP contribution in [0, 0.1) is 11.3 Å². The lowest BCUT2D eigenvalue weighted by Crippen LogP contribution is -2.52. The molecule has 0 spiro atoms. The van der Waals surface area contributed by atoms with Gasteiger partial charge in [0, 0.05) is 42.5 Å². The van der Waals surface area contributed by atoms with Crippen molar-refractivity contribution in [1.29, 1.82) is 5.26 Å². The van der Waals surface area contributed by atoms with Crippen molar-refractivity contribution in [3.8, 4) is 17.3 Å². The number of aromatic amines is 1. The summed E-state index contributed by atoms with van der Waals surface area (Å²) in [6, 6.07) is 13.3. The number of nitriles is 1. The summed E-state index contributed by atoms with van der Waals surface area (Å²) in [4.78, 5) is 15.7. The SMILES string of the molecule is N#Cc1nc(N2CCC(N)(Cc3ccccn3)CC2)nc2[nH]nc(-c3cccc(Cl)c3Cl)c12. The number of pyridine rings is 1. The Labute approximate surface area is 200 Å². The normalized spacial score (nSPS) is 15.5. The molecule has 4 aromatic rings. The van der Waals surface area contributed by atoms with E-state index in [1.807, 2.05) is 18.2 Å². The second kappa shape index (κ2) is 8.60. The number of nitrogens with zero attached hydrogens (tertiary/aromatic N) is 6. The molecule has 0 saturated carbocycles. The van der Waals surface area contributed by atoms with Crippen LogP contribution < -0.4 is 10.6 Å². The van der Waals surface area contributed by atoms with Gasteiger partial charge >= 0.3 is 0 Å². The molecule has 0 aliphatic carbocycles. The summed E-state index contributed by atoms with van der Waals surface area (Å²) in [5.74, 6) is 0.478. The minimum Gasteiger partial charge on any atom is -0.341 e. The largest absolute Gasteiger partial charge is 0.341 e. The molecule has 5 rings (SSSR count). The van der Waals surface area contributed by atoms with Gasteiger partial charge in [0.2, 0.25) is 5.95 Å². The van der Waals surface area contributed by atoms with Crippen molar-refractivity contribution in [2.45, 2.75) is 24.8 Å². The molecule has 0 unspecified atom stereocenters. The predicted molar refractivity (Wildman–Crippen MR) is 128 cm³/mol. The summed E-state index contributed by atoms with van der Waals surface area (Å²) in [6.07, 6.45) is 4.03. The van der Waals surface area contributed by atoms with Gasteiger partial charge < -0.3 is 10.6 Å². The van der Waals surface area contributed by atoms with Gasteiger partial charge in [-0.05, 0) is 31.0 Å².